The van der Waals surface area contributed by atoms with Gasteiger partial charge in [-0.15, -0.1) is 11.3 Å². The van der Waals surface area contributed by atoms with Crippen LogP contribution in [0.25, 0.3) is 10.1 Å². The van der Waals surface area contributed by atoms with Crippen LogP contribution in [0, 0.1) is 5.82 Å². The lowest BCUT2D eigenvalue weighted by Gasteiger charge is -2.04. The van der Waals surface area contributed by atoms with Gasteiger partial charge < -0.3 is 16.4 Å². The number of thiophene rings is 1. The summed E-state index contributed by atoms with van der Waals surface area (Å²) in [4.78, 5) is 23.0. The number of anilines is 1. The first-order valence-corrected chi connectivity index (χ1v) is 6.81. The minimum absolute atomic E-state index is 0.156. The molecule has 0 fully saturated rings. The van der Waals surface area contributed by atoms with Gasteiger partial charge in [-0.05, 0) is 18.2 Å². The third-order valence-electron chi connectivity index (χ3n) is 2.68. The molecule has 0 saturated carbocycles. The molecule has 0 spiro atoms. The number of hydrogen-bond donors (Lipinski definition) is 3. The molecule has 0 aliphatic heterocycles. The zero-order chi connectivity index (χ0) is 14.7. The summed E-state index contributed by atoms with van der Waals surface area (Å²) < 4.78 is 13.9. The number of halogens is 1. The van der Waals surface area contributed by atoms with Crippen LogP contribution in [-0.2, 0) is 4.79 Å². The predicted octanol–water partition coefficient (Wildman–Crippen LogP) is 1.49. The third-order valence-corrected chi connectivity index (χ3v) is 3.86. The van der Waals surface area contributed by atoms with E-state index in [1.165, 1.54) is 30.4 Å². The first-order valence-electron chi connectivity index (χ1n) is 5.99. The van der Waals surface area contributed by atoms with E-state index >= 15 is 0 Å². The highest BCUT2D eigenvalue weighted by atomic mass is 32.1. The number of rotatable bonds is 4. The maximum Gasteiger partial charge on any atom is 0.263 e. The Hall–Kier alpha value is -2.15. The average molecular weight is 295 g/mol. The lowest BCUT2D eigenvalue weighted by atomic mass is 10.2. The molecule has 1 aromatic heterocycles. The standard InChI is InChI=1S/C13H14FN3O2S/c1-7(18)16-4-5-17-13(19)12-11(15)9-6-8(14)2-3-10(9)20-12/h2-3,6H,4-5,15H2,1H3,(H,16,18)(H,17,19). The van der Waals surface area contributed by atoms with E-state index in [9.17, 15) is 14.0 Å². The second-order valence-corrected chi connectivity index (χ2v) is 5.28. The predicted molar refractivity (Wildman–Crippen MR) is 77.2 cm³/mol. The molecule has 0 radical (unpaired) electrons. The Morgan fingerprint density at radius 2 is 2.00 bits per heavy atom. The molecule has 2 aromatic rings. The summed E-state index contributed by atoms with van der Waals surface area (Å²) in [6, 6.07) is 4.24. The van der Waals surface area contributed by atoms with Crippen molar-refractivity contribution in [2.45, 2.75) is 6.92 Å². The van der Waals surface area contributed by atoms with Gasteiger partial charge in [-0.1, -0.05) is 0 Å². The maximum atomic E-state index is 13.2. The van der Waals surface area contributed by atoms with E-state index < -0.39 is 0 Å². The molecule has 1 heterocycles. The van der Waals surface area contributed by atoms with Crippen molar-refractivity contribution in [2.75, 3.05) is 18.8 Å². The lowest BCUT2D eigenvalue weighted by Crippen LogP contribution is -2.33. The lowest BCUT2D eigenvalue weighted by molar-refractivity contribution is -0.118. The molecule has 0 saturated heterocycles. The van der Waals surface area contributed by atoms with Crippen LogP contribution >= 0.6 is 11.3 Å². The van der Waals surface area contributed by atoms with Gasteiger partial charge in [0, 0.05) is 30.1 Å². The molecule has 2 amide bonds. The van der Waals surface area contributed by atoms with Crippen LogP contribution in [0.5, 0.6) is 0 Å². The van der Waals surface area contributed by atoms with Crippen molar-refractivity contribution in [2.24, 2.45) is 0 Å². The van der Waals surface area contributed by atoms with Crippen LogP contribution in [0.2, 0.25) is 0 Å². The van der Waals surface area contributed by atoms with Gasteiger partial charge in [0.05, 0.1) is 5.69 Å². The molecule has 106 valence electrons. The Bertz CT molecular complexity index is 669. The fourth-order valence-corrected chi connectivity index (χ4v) is 2.77. The van der Waals surface area contributed by atoms with Gasteiger partial charge in [0.1, 0.15) is 10.7 Å². The van der Waals surface area contributed by atoms with Crippen LogP contribution in [0.1, 0.15) is 16.6 Å². The number of benzene rings is 1. The van der Waals surface area contributed by atoms with Crippen LogP contribution < -0.4 is 16.4 Å². The molecule has 0 unspecified atom stereocenters. The van der Waals surface area contributed by atoms with Crippen LogP contribution in [0.15, 0.2) is 18.2 Å². The highest BCUT2D eigenvalue weighted by Gasteiger charge is 2.16. The van der Waals surface area contributed by atoms with E-state index in [0.29, 0.717) is 23.4 Å². The quantitative estimate of drug-likeness (QED) is 0.747. The SMILES string of the molecule is CC(=O)NCCNC(=O)c1sc2ccc(F)cc2c1N. The Morgan fingerprint density at radius 3 is 2.70 bits per heavy atom. The molecule has 0 atom stereocenters. The van der Waals surface area contributed by atoms with E-state index in [1.54, 1.807) is 6.07 Å². The van der Waals surface area contributed by atoms with E-state index in [0.717, 1.165) is 4.70 Å². The van der Waals surface area contributed by atoms with Crippen molar-refractivity contribution in [3.8, 4) is 0 Å². The number of amides is 2. The Labute approximate surface area is 119 Å². The van der Waals surface area contributed by atoms with Gasteiger partial charge in [-0.25, -0.2) is 4.39 Å². The minimum Gasteiger partial charge on any atom is -0.397 e. The largest absolute Gasteiger partial charge is 0.397 e. The van der Waals surface area contributed by atoms with Gasteiger partial charge in [0.25, 0.3) is 5.91 Å². The van der Waals surface area contributed by atoms with Gasteiger partial charge in [-0.2, -0.15) is 0 Å². The van der Waals surface area contributed by atoms with Crippen molar-refractivity contribution in [3.05, 3.63) is 28.9 Å². The molecular weight excluding hydrogens is 281 g/mol. The van der Waals surface area contributed by atoms with Gasteiger partial charge in [0.15, 0.2) is 0 Å². The second-order valence-electron chi connectivity index (χ2n) is 4.22. The third kappa shape index (κ3) is 3.05. The fraction of sp³-hybridized carbons (Fsp3) is 0.231. The first kappa shape index (κ1) is 14.3. The van der Waals surface area contributed by atoms with Crippen molar-refractivity contribution in [1.82, 2.24) is 10.6 Å². The summed E-state index contributed by atoms with van der Waals surface area (Å²) in [5, 5.41) is 5.77. The van der Waals surface area contributed by atoms with E-state index in [2.05, 4.69) is 10.6 Å². The summed E-state index contributed by atoms with van der Waals surface area (Å²) in [6.45, 7) is 2.06. The van der Waals surface area contributed by atoms with E-state index in [-0.39, 0.29) is 23.3 Å². The molecule has 0 bridgehead atoms. The maximum absolute atomic E-state index is 13.2. The fourth-order valence-electron chi connectivity index (χ4n) is 1.75. The zero-order valence-electron chi connectivity index (χ0n) is 10.8. The van der Waals surface area contributed by atoms with Crippen LogP contribution in [0.4, 0.5) is 10.1 Å². The Balaban J connectivity index is 2.10. The molecular formula is C13H14FN3O2S. The van der Waals surface area contributed by atoms with Crippen LogP contribution in [0.3, 0.4) is 0 Å². The van der Waals surface area contributed by atoms with Crippen molar-refractivity contribution in [3.63, 3.8) is 0 Å². The van der Waals surface area contributed by atoms with Gasteiger partial charge in [-0.3, -0.25) is 9.59 Å². The number of carbonyl (C=O) groups is 2. The zero-order valence-corrected chi connectivity index (χ0v) is 11.6. The molecule has 2 rings (SSSR count). The van der Waals surface area contributed by atoms with Gasteiger partial charge >= 0.3 is 0 Å². The number of nitrogen functional groups attached to an aromatic ring is 1. The summed E-state index contributed by atoms with van der Waals surface area (Å²) in [7, 11) is 0. The number of carbonyl (C=O) groups excluding carboxylic acids is 2. The second kappa shape index (κ2) is 5.87. The molecule has 4 N–H and O–H groups in total. The highest BCUT2D eigenvalue weighted by molar-refractivity contribution is 7.21. The Kier molecular flexibility index (Phi) is 4.19. The minimum atomic E-state index is -0.389. The van der Waals surface area contributed by atoms with Gasteiger partial charge in [0.2, 0.25) is 5.91 Å². The number of nitrogens with two attached hydrogens (primary N) is 1. The summed E-state index contributed by atoms with van der Waals surface area (Å²) in [5.41, 5.74) is 6.15. The van der Waals surface area contributed by atoms with E-state index in [4.69, 9.17) is 5.73 Å². The summed E-state index contributed by atoms with van der Waals surface area (Å²) >= 11 is 1.21. The average Bonchev–Trinajstić information content (AvgIpc) is 2.72. The summed E-state index contributed by atoms with van der Waals surface area (Å²) in [6.07, 6.45) is 0. The first-order chi connectivity index (χ1) is 9.49. The van der Waals surface area contributed by atoms with Crippen molar-refractivity contribution < 1.29 is 14.0 Å². The Morgan fingerprint density at radius 1 is 1.30 bits per heavy atom. The molecule has 0 aliphatic rings. The molecule has 1 aromatic carbocycles. The van der Waals surface area contributed by atoms with Crippen LogP contribution in [-0.4, -0.2) is 24.9 Å². The van der Waals surface area contributed by atoms with E-state index in [1.807, 2.05) is 0 Å². The summed E-state index contributed by atoms with van der Waals surface area (Å²) in [5.74, 6) is -0.870. The normalized spacial score (nSPS) is 10.5. The molecule has 5 nitrogen and oxygen atoms in total. The molecule has 20 heavy (non-hydrogen) atoms. The number of fused-ring (bicyclic) bond motifs is 1. The highest BCUT2D eigenvalue weighted by Crippen LogP contribution is 2.33. The number of hydrogen-bond acceptors (Lipinski definition) is 4. The topological polar surface area (TPSA) is 84.2 Å². The molecule has 0 aliphatic carbocycles. The monoisotopic (exact) mass is 295 g/mol. The smallest absolute Gasteiger partial charge is 0.263 e. The molecule has 7 heteroatoms. The van der Waals surface area contributed by atoms with Crippen molar-refractivity contribution in [1.29, 1.82) is 0 Å². The van der Waals surface area contributed by atoms with Crippen molar-refractivity contribution >= 4 is 38.9 Å². The number of nitrogens with one attached hydrogen (secondary N) is 2.